The topological polar surface area (TPSA) is 27.1 Å². The zero-order valence-corrected chi connectivity index (χ0v) is 15.4. The van der Waals surface area contributed by atoms with Crippen molar-refractivity contribution >= 4 is 10.9 Å². The van der Waals surface area contributed by atoms with Gasteiger partial charge in [0.2, 0.25) is 0 Å². The van der Waals surface area contributed by atoms with E-state index < -0.39 is 11.6 Å². The summed E-state index contributed by atoms with van der Waals surface area (Å²) >= 11 is 0. The van der Waals surface area contributed by atoms with E-state index in [-0.39, 0.29) is 12.4 Å². The van der Waals surface area contributed by atoms with E-state index in [9.17, 15) is 8.78 Å². The van der Waals surface area contributed by atoms with Gasteiger partial charge in [0.05, 0.1) is 5.52 Å². The summed E-state index contributed by atoms with van der Waals surface area (Å²) in [4.78, 5) is 4.45. The van der Waals surface area contributed by atoms with Gasteiger partial charge in [-0.2, -0.15) is 0 Å². The van der Waals surface area contributed by atoms with Crippen molar-refractivity contribution in [3.05, 3.63) is 70.7 Å². The summed E-state index contributed by atoms with van der Waals surface area (Å²) in [6, 6.07) is 5.27. The summed E-state index contributed by atoms with van der Waals surface area (Å²) in [7, 11) is 0. The Labute approximate surface area is 151 Å². The first-order chi connectivity index (χ1) is 12.4. The lowest BCUT2D eigenvalue weighted by atomic mass is 10.2. The van der Waals surface area contributed by atoms with Crippen LogP contribution in [0, 0.1) is 25.5 Å². The molecule has 0 unspecified atom stereocenters. The number of fused-ring (bicyclic) bond motifs is 1. The van der Waals surface area contributed by atoms with Crippen LogP contribution in [0.25, 0.3) is 10.9 Å². The van der Waals surface area contributed by atoms with Gasteiger partial charge in [0.1, 0.15) is 18.1 Å². The number of hydrogen-bond acceptors (Lipinski definition) is 2. The molecule has 0 fully saturated rings. The maximum Gasteiger partial charge on any atom is 0.167 e. The molecule has 0 radical (unpaired) electrons. The Balaban J connectivity index is 2.00. The Bertz CT molecular complexity index is 985. The highest BCUT2D eigenvalue weighted by molar-refractivity contribution is 5.87. The normalized spacial score (nSPS) is 11.0. The zero-order valence-electron chi connectivity index (χ0n) is 15.4. The number of hydrogen-bond donors (Lipinski definition) is 0. The van der Waals surface area contributed by atoms with Gasteiger partial charge in [-0.1, -0.05) is 11.6 Å². The van der Waals surface area contributed by atoms with E-state index in [1.54, 1.807) is 6.20 Å². The smallest absolute Gasteiger partial charge is 0.167 e. The minimum Gasteiger partial charge on any atom is -0.484 e. The van der Waals surface area contributed by atoms with E-state index in [0.717, 1.165) is 29.2 Å². The van der Waals surface area contributed by atoms with Crippen molar-refractivity contribution in [3.63, 3.8) is 0 Å². The molecule has 3 nitrogen and oxygen atoms in total. The van der Waals surface area contributed by atoms with E-state index in [0.29, 0.717) is 0 Å². The lowest BCUT2D eigenvalue weighted by molar-refractivity contribution is 0.286. The summed E-state index contributed by atoms with van der Waals surface area (Å²) in [5.74, 6) is -1.33. The van der Waals surface area contributed by atoms with Crippen molar-refractivity contribution in [1.82, 2.24) is 9.55 Å². The molecule has 1 aromatic carbocycles. The SMILES string of the molecule is CC(C)=CCn1c(C)c(C)c2ccnc(COc3ccc(F)cc3F)c21. The quantitative estimate of drug-likeness (QED) is 0.566. The lowest BCUT2D eigenvalue weighted by Crippen LogP contribution is -2.05. The number of pyridine rings is 1. The van der Waals surface area contributed by atoms with Gasteiger partial charge in [0, 0.05) is 29.9 Å². The van der Waals surface area contributed by atoms with E-state index >= 15 is 0 Å². The molecule has 0 saturated heterocycles. The van der Waals surface area contributed by atoms with Crippen molar-refractivity contribution in [2.24, 2.45) is 0 Å². The molecule has 3 aromatic rings. The van der Waals surface area contributed by atoms with Crippen molar-refractivity contribution in [2.75, 3.05) is 0 Å². The first-order valence-electron chi connectivity index (χ1n) is 8.53. The second kappa shape index (κ2) is 7.28. The van der Waals surface area contributed by atoms with Gasteiger partial charge in [0.25, 0.3) is 0 Å². The van der Waals surface area contributed by atoms with E-state index in [1.165, 1.54) is 29.0 Å². The predicted octanol–water partition coefficient (Wildman–Crippen LogP) is 5.48. The molecule has 2 heterocycles. The van der Waals surface area contributed by atoms with Gasteiger partial charge in [-0.3, -0.25) is 4.98 Å². The molecule has 26 heavy (non-hydrogen) atoms. The number of allylic oxidation sites excluding steroid dienone is 2. The van der Waals surface area contributed by atoms with Crippen LogP contribution < -0.4 is 4.74 Å². The molecule has 0 amide bonds. The Kier molecular flexibility index (Phi) is 5.07. The number of rotatable bonds is 5. The van der Waals surface area contributed by atoms with E-state index in [1.807, 2.05) is 6.07 Å². The third kappa shape index (κ3) is 3.47. The fourth-order valence-corrected chi connectivity index (χ4v) is 3.01. The largest absolute Gasteiger partial charge is 0.484 e. The van der Waals surface area contributed by atoms with Crippen LogP contribution in [0.15, 0.2) is 42.1 Å². The molecule has 0 N–H and O–H groups in total. The standard InChI is InChI=1S/C21H22F2N2O/c1-13(2)8-10-25-15(4)14(3)17-7-9-24-19(21(17)25)12-26-20-6-5-16(22)11-18(20)23/h5-9,11H,10,12H2,1-4H3. The van der Waals surface area contributed by atoms with E-state index in [4.69, 9.17) is 4.74 Å². The monoisotopic (exact) mass is 356 g/mol. The Morgan fingerprint density at radius 2 is 1.96 bits per heavy atom. The van der Waals surface area contributed by atoms with Gasteiger partial charge < -0.3 is 9.30 Å². The second-order valence-electron chi connectivity index (χ2n) is 6.62. The van der Waals surface area contributed by atoms with Gasteiger partial charge >= 0.3 is 0 Å². The maximum absolute atomic E-state index is 13.8. The molecule has 0 bridgehead atoms. The molecule has 0 aliphatic rings. The molecular weight excluding hydrogens is 334 g/mol. The number of ether oxygens (including phenoxy) is 1. The minimum atomic E-state index is -0.718. The van der Waals surface area contributed by atoms with Crippen molar-refractivity contribution in [1.29, 1.82) is 0 Å². The first-order valence-corrected chi connectivity index (χ1v) is 8.53. The Hall–Kier alpha value is -2.69. The molecule has 0 aliphatic carbocycles. The summed E-state index contributed by atoms with van der Waals surface area (Å²) in [5.41, 5.74) is 5.31. The summed E-state index contributed by atoms with van der Waals surface area (Å²) in [5, 5.41) is 1.11. The first kappa shape index (κ1) is 18.1. The third-order valence-electron chi connectivity index (χ3n) is 4.56. The van der Waals surface area contributed by atoms with Crippen molar-refractivity contribution in [2.45, 2.75) is 40.8 Å². The van der Waals surface area contributed by atoms with E-state index in [2.05, 4.69) is 43.3 Å². The van der Waals surface area contributed by atoms with Crippen LogP contribution in [0.4, 0.5) is 8.78 Å². The van der Waals surface area contributed by atoms with Crippen molar-refractivity contribution < 1.29 is 13.5 Å². The zero-order chi connectivity index (χ0) is 18.8. The average Bonchev–Trinajstić information content (AvgIpc) is 2.84. The third-order valence-corrected chi connectivity index (χ3v) is 4.56. The molecule has 0 saturated carbocycles. The molecule has 0 aliphatic heterocycles. The second-order valence-corrected chi connectivity index (χ2v) is 6.62. The Morgan fingerprint density at radius 3 is 2.65 bits per heavy atom. The summed E-state index contributed by atoms with van der Waals surface area (Å²) in [6.45, 7) is 9.14. The van der Waals surface area contributed by atoms with Crippen LogP contribution in [-0.2, 0) is 13.2 Å². The van der Waals surface area contributed by atoms with Crippen LogP contribution in [0.3, 0.4) is 0 Å². The predicted molar refractivity (Wildman–Crippen MR) is 99.3 cm³/mol. The van der Waals surface area contributed by atoms with Gasteiger partial charge in [0.15, 0.2) is 11.6 Å². The van der Waals surface area contributed by atoms with Crippen LogP contribution in [0.1, 0.15) is 30.8 Å². The highest BCUT2D eigenvalue weighted by atomic mass is 19.1. The molecule has 3 rings (SSSR count). The maximum atomic E-state index is 13.8. The lowest BCUT2D eigenvalue weighted by Gasteiger charge is -2.11. The molecule has 0 spiro atoms. The molecule has 2 aromatic heterocycles. The number of halogens is 2. The number of aryl methyl sites for hydroxylation is 1. The fourth-order valence-electron chi connectivity index (χ4n) is 3.01. The van der Waals surface area contributed by atoms with Crippen LogP contribution in [-0.4, -0.2) is 9.55 Å². The van der Waals surface area contributed by atoms with Crippen LogP contribution in [0.2, 0.25) is 0 Å². The number of benzene rings is 1. The fraction of sp³-hybridized carbons (Fsp3) is 0.286. The van der Waals surface area contributed by atoms with Gasteiger partial charge in [-0.05, 0) is 51.5 Å². The van der Waals surface area contributed by atoms with Crippen LogP contribution in [0.5, 0.6) is 5.75 Å². The molecule has 136 valence electrons. The average molecular weight is 356 g/mol. The molecular formula is C21H22F2N2O. The molecule has 5 heteroatoms. The minimum absolute atomic E-state index is 0.0149. The van der Waals surface area contributed by atoms with Crippen molar-refractivity contribution in [3.8, 4) is 5.75 Å². The number of nitrogens with zero attached hydrogens (tertiary/aromatic N) is 2. The highest BCUT2D eigenvalue weighted by Crippen LogP contribution is 2.28. The highest BCUT2D eigenvalue weighted by Gasteiger charge is 2.15. The number of aromatic nitrogens is 2. The molecule has 0 atom stereocenters. The van der Waals surface area contributed by atoms with Gasteiger partial charge in [-0.15, -0.1) is 0 Å². The summed E-state index contributed by atoms with van der Waals surface area (Å²) in [6.07, 6.45) is 3.89. The summed E-state index contributed by atoms with van der Waals surface area (Å²) < 4.78 is 34.7. The van der Waals surface area contributed by atoms with Gasteiger partial charge in [-0.25, -0.2) is 8.78 Å². The van der Waals surface area contributed by atoms with Crippen LogP contribution >= 0.6 is 0 Å². The Morgan fingerprint density at radius 1 is 1.19 bits per heavy atom.